The van der Waals surface area contributed by atoms with Gasteiger partial charge in [0.1, 0.15) is 5.52 Å². The maximum atomic E-state index is 11.7. The molecule has 0 saturated carbocycles. The number of para-hydroxylation sites is 1. The van der Waals surface area contributed by atoms with Crippen molar-refractivity contribution >= 4 is 22.7 Å². The van der Waals surface area contributed by atoms with Crippen LogP contribution in [0.25, 0.3) is 11.1 Å². The Morgan fingerprint density at radius 1 is 1.50 bits per heavy atom. The molecule has 2 aromatic rings. The lowest BCUT2D eigenvalue weighted by atomic mass is 10.3. The first-order valence-corrected chi connectivity index (χ1v) is 6.57. The molecule has 0 saturated heterocycles. The number of likely N-dealkylation sites (N-methyl/N-ethyl adjacent to an activating group) is 1. The zero-order chi connectivity index (χ0) is 14.7. The lowest BCUT2D eigenvalue weighted by Crippen LogP contribution is -2.38. The van der Waals surface area contributed by atoms with Crippen LogP contribution in [0.2, 0.25) is 0 Å². The summed E-state index contributed by atoms with van der Waals surface area (Å²) in [5.41, 5.74) is 7.77. The van der Waals surface area contributed by atoms with Gasteiger partial charge in [-0.25, -0.2) is 4.98 Å². The highest BCUT2D eigenvalue weighted by Gasteiger charge is 2.13. The second-order valence-electron chi connectivity index (χ2n) is 5.20. The standard InChI is InChI=1S/C14H20N4O2/c1-9(2)16-12(19)7-18(3)8-13-17-14-10(15)5-4-6-11(14)20-13/h4-6,9H,7-8,15H2,1-3H3,(H,16,19). The van der Waals surface area contributed by atoms with E-state index in [-0.39, 0.29) is 11.9 Å². The summed E-state index contributed by atoms with van der Waals surface area (Å²) in [6.07, 6.45) is 0. The molecule has 0 aliphatic rings. The van der Waals surface area contributed by atoms with E-state index in [2.05, 4.69) is 10.3 Å². The predicted molar refractivity (Wildman–Crippen MR) is 78.0 cm³/mol. The first kappa shape index (κ1) is 14.3. The number of nitrogens with two attached hydrogens (primary N) is 1. The van der Waals surface area contributed by atoms with Crippen molar-refractivity contribution in [1.82, 2.24) is 15.2 Å². The molecule has 6 heteroatoms. The lowest BCUT2D eigenvalue weighted by molar-refractivity contribution is -0.122. The predicted octanol–water partition coefficient (Wildman–Crippen LogP) is 1.37. The fourth-order valence-electron chi connectivity index (χ4n) is 1.98. The molecule has 6 nitrogen and oxygen atoms in total. The normalized spacial score (nSPS) is 11.4. The Bertz CT molecular complexity index is 606. The highest BCUT2D eigenvalue weighted by molar-refractivity contribution is 5.85. The monoisotopic (exact) mass is 276 g/mol. The van der Waals surface area contributed by atoms with E-state index in [0.29, 0.717) is 35.8 Å². The Labute approximate surface area is 117 Å². The van der Waals surface area contributed by atoms with Gasteiger partial charge < -0.3 is 15.5 Å². The Morgan fingerprint density at radius 3 is 2.90 bits per heavy atom. The van der Waals surface area contributed by atoms with E-state index in [1.165, 1.54) is 0 Å². The molecule has 1 heterocycles. The molecule has 1 aromatic carbocycles. The summed E-state index contributed by atoms with van der Waals surface area (Å²) in [5, 5.41) is 2.84. The van der Waals surface area contributed by atoms with Crippen molar-refractivity contribution in [1.29, 1.82) is 0 Å². The van der Waals surface area contributed by atoms with Gasteiger partial charge in [-0.2, -0.15) is 0 Å². The second-order valence-corrected chi connectivity index (χ2v) is 5.20. The number of oxazole rings is 1. The summed E-state index contributed by atoms with van der Waals surface area (Å²) in [6, 6.07) is 5.58. The number of aromatic nitrogens is 1. The van der Waals surface area contributed by atoms with Crippen LogP contribution in [0, 0.1) is 0 Å². The van der Waals surface area contributed by atoms with Gasteiger partial charge in [0.25, 0.3) is 0 Å². The van der Waals surface area contributed by atoms with Gasteiger partial charge in [-0.15, -0.1) is 0 Å². The van der Waals surface area contributed by atoms with E-state index >= 15 is 0 Å². The van der Waals surface area contributed by atoms with E-state index < -0.39 is 0 Å². The summed E-state index contributed by atoms with van der Waals surface area (Å²) < 4.78 is 5.62. The van der Waals surface area contributed by atoms with E-state index in [0.717, 1.165) is 0 Å². The number of fused-ring (bicyclic) bond motifs is 1. The molecule has 0 radical (unpaired) electrons. The SMILES string of the molecule is CC(C)NC(=O)CN(C)Cc1nc2c(N)cccc2o1. The van der Waals surface area contributed by atoms with Crippen LogP contribution in [0.1, 0.15) is 19.7 Å². The highest BCUT2D eigenvalue weighted by atomic mass is 16.3. The molecule has 0 fully saturated rings. The Balaban J connectivity index is 2.01. The largest absolute Gasteiger partial charge is 0.439 e. The van der Waals surface area contributed by atoms with Crippen LogP contribution in [0.4, 0.5) is 5.69 Å². The number of benzene rings is 1. The molecule has 20 heavy (non-hydrogen) atoms. The Morgan fingerprint density at radius 2 is 2.25 bits per heavy atom. The third kappa shape index (κ3) is 3.48. The van der Waals surface area contributed by atoms with Crippen LogP contribution in [0.3, 0.4) is 0 Å². The van der Waals surface area contributed by atoms with E-state index in [4.69, 9.17) is 10.2 Å². The summed E-state index contributed by atoms with van der Waals surface area (Å²) in [5.74, 6) is 0.538. The molecule has 0 spiro atoms. The number of amides is 1. The molecule has 3 N–H and O–H groups in total. The number of carbonyl (C=O) groups excluding carboxylic acids is 1. The molecule has 0 atom stereocenters. The number of anilines is 1. The second kappa shape index (κ2) is 5.92. The third-order valence-corrected chi connectivity index (χ3v) is 2.76. The molecule has 0 unspecified atom stereocenters. The molecular formula is C14H20N4O2. The number of carbonyl (C=O) groups is 1. The molecule has 0 bridgehead atoms. The number of hydrogen-bond donors (Lipinski definition) is 2. The van der Waals surface area contributed by atoms with Crippen molar-refractivity contribution in [2.24, 2.45) is 0 Å². The minimum atomic E-state index is -0.0156. The van der Waals surface area contributed by atoms with Crippen molar-refractivity contribution in [2.45, 2.75) is 26.4 Å². The molecule has 1 aromatic heterocycles. The van der Waals surface area contributed by atoms with Gasteiger partial charge in [0.15, 0.2) is 5.58 Å². The van der Waals surface area contributed by atoms with Crippen molar-refractivity contribution < 1.29 is 9.21 Å². The van der Waals surface area contributed by atoms with Crippen molar-refractivity contribution in [3.05, 3.63) is 24.1 Å². The maximum Gasteiger partial charge on any atom is 0.234 e. The average Bonchev–Trinajstić information content (AvgIpc) is 2.71. The third-order valence-electron chi connectivity index (χ3n) is 2.76. The highest BCUT2D eigenvalue weighted by Crippen LogP contribution is 2.21. The average molecular weight is 276 g/mol. The van der Waals surface area contributed by atoms with Crippen molar-refractivity contribution in [3.8, 4) is 0 Å². The minimum absolute atomic E-state index is 0.0156. The fourth-order valence-corrected chi connectivity index (χ4v) is 1.98. The van der Waals surface area contributed by atoms with Gasteiger partial charge in [-0.1, -0.05) is 6.07 Å². The molecule has 0 aliphatic heterocycles. The van der Waals surface area contributed by atoms with Gasteiger partial charge in [0.05, 0.1) is 18.8 Å². The van der Waals surface area contributed by atoms with Gasteiger partial charge in [0.2, 0.25) is 11.8 Å². The van der Waals surface area contributed by atoms with Gasteiger partial charge in [-0.3, -0.25) is 9.69 Å². The topological polar surface area (TPSA) is 84.4 Å². The maximum absolute atomic E-state index is 11.7. The quantitative estimate of drug-likeness (QED) is 0.806. The van der Waals surface area contributed by atoms with Gasteiger partial charge in [-0.05, 0) is 33.0 Å². The van der Waals surface area contributed by atoms with E-state index in [1.54, 1.807) is 6.07 Å². The molecule has 0 aliphatic carbocycles. The number of rotatable bonds is 5. The van der Waals surface area contributed by atoms with Gasteiger partial charge >= 0.3 is 0 Å². The Kier molecular flexibility index (Phi) is 4.24. The molecule has 2 rings (SSSR count). The minimum Gasteiger partial charge on any atom is -0.439 e. The van der Waals surface area contributed by atoms with Crippen LogP contribution in [-0.2, 0) is 11.3 Å². The summed E-state index contributed by atoms with van der Waals surface area (Å²) >= 11 is 0. The zero-order valence-corrected chi connectivity index (χ0v) is 12.0. The number of nitrogens with zero attached hydrogens (tertiary/aromatic N) is 2. The first-order chi connectivity index (χ1) is 9.45. The smallest absolute Gasteiger partial charge is 0.234 e. The fraction of sp³-hybridized carbons (Fsp3) is 0.429. The number of hydrogen-bond acceptors (Lipinski definition) is 5. The lowest BCUT2D eigenvalue weighted by Gasteiger charge is -2.15. The zero-order valence-electron chi connectivity index (χ0n) is 12.0. The first-order valence-electron chi connectivity index (χ1n) is 6.57. The summed E-state index contributed by atoms with van der Waals surface area (Å²) in [7, 11) is 1.85. The summed E-state index contributed by atoms with van der Waals surface area (Å²) in [6.45, 7) is 4.62. The summed E-state index contributed by atoms with van der Waals surface area (Å²) in [4.78, 5) is 17.9. The van der Waals surface area contributed by atoms with Crippen molar-refractivity contribution in [2.75, 3.05) is 19.3 Å². The van der Waals surface area contributed by atoms with Crippen LogP contribution in [0.15, 0.2) is 22.6 Å². The van der Waals surface area contributed by atoms with Crippen LogP contribution in [-0.4, -0.2) is 35.4 Å². The van der Waals surface area contributed by atoms with Gasteiger partial charge in [0, 0.05) is 6.04 Å². The number of nitrogen functional groups attached to an aromatic ring is 1. The number of nitrogens with one attached hydrogen (secondary N) is 1. The van der Waals surface area contributed by atoms with Crippen molar-refractivity contribution in [3.63, 3.8) is 0 Å². The molecular weight excluding hydrogens is 256 g/mol. The Hall–Kier alpha value is -2.08. The molecule has 1 amide bonds. The van der Waals surface area contributed by atoms with Crippen LogP contribution < -0.4 is 11.1 Å². The van der Waals surface area contributed by atoms with E-state index in [1.807, 2.05) is 37.9 Å². The van der Waals surface area contributed by atoms with Crippen LogP contribution >= 0.6 is 0 Å². The van der Waals surface area contributed by atoms with Crippen LogP contribution in [0.5, 0.6) is 0 Å². The molecule has 108 valence electrons. The van der Waals surface area contributed by atoms with E-state index in [9.17, 15) is 4.79 Å².